The van der Waals surface area contributed by atoms with Gasteiger partial charge < -0.3 is 5.32 Å². The number of benzene rings is 1. The minimum Gasteiger partial charge on any atom is -0.377 e. The summed E-state index contributed by atoms with van der Waals surface area (Å²) in [5.74, 6) is 0. The molecule has 0 bridgehead atoms. The Bertz CT molecular complexity index is 499. The molecule has 4 heteroatoms. The molecule has 2 rings (SSSR count). The van der Waals surface area contributed by atoms with Crippen LogP contribution < -0.4 is 5.32 Å². The molecule has 0 saturated carbocycles. The largest absolute Gasteiger partial charge is 0.377 e. The molecule has 1 unspecified atom stereocenters. The SMILES string of the molecule is CC(Nc1cccc(C#N)c1)c1cscn1. The highest BCUT2D eigenvalue weighted by Gasteiger charge is 2.06. The van der Waals surface area contributed by atoms with E-state index in [0.29, 0.717) is 5.56 Å². The highest BCUT2D eigenvalue weighted by Crippen LogP contribution is 2.19. The molecular weight excluding hydrogens is 218 g/mol. The highest BCUT2D eigenvalue weighted by molar-refractivity contribution is 7.07. The molecule has 0 aliphatic carbocycles. The zero-order chi connectivity index (χ0) is 11.4. The summed E-state index contributed by atoms with van der Waals surface area (Å²) in [7, 11) is 0. The molecule has 2 aromatic rings. The second-order valence-electron chi connectivity index (χ2n) is 3.47. The van der Waals surface area contributed by atoms with Crippen molar-refractivity contribution in [2.24, 2.45) is 0 Å². The first-order valence-corrected chi connectivity index (χ1v) is 5.88. The normalized spacial score (nSPS) is 11.8. The Morgan fingerprint density at radius 2 is 2.38 bits per heavy atom. The van der Waals surface area contributed by atoms with Crippen LogP contribution in [0.3, 0.4) is 0 Å². The van der Waals surface area contributed by atoms with Gasteiger partial charge in [-0.3, -0.25) is 0 Å². The van der Waals surface area contributed by atoms with Crippen LogP contribution in [0.5, 0.6) is 0 Å². The van der Waals surface area contributed by atoms with Crippen LogP contribution in [0, 0.1) is 11.3 Å². The minimum atomic E-state index is 0.153. The number of nitrogens with zero attached hydrogens (tertiary/aromatic N) is 2. The van der Waals surface area contributed by atoms with Crippen LogP contribution in [0.25, 0.3) is 0 Å². The van der Waals surface area contributed by atoms with Gasteiger partial charge in [0.05, 0.1) is 28.9 Å². The van der Waals surface area contributed by atoms with E-state index in [1.165, 1.54) is 0 Å². The van der Waals surface area contributed by atoms with Gasteiger partial charge in [0.15, 0.2) is 0 Å². The quantitative estimate of drug-likeness (QED) is 0.879. The molecule has 0 spiro atoms. The lowest BCUT2D eigenvalue weighted by Crippen LogP contribution is -2.06. The molecule has 1 aromatic carbocycles. The van der Waals surface area contributed by atoms with Gasteiger partial charge in [0, 0.05) is 11.1 Å². The standard InChI is InChI=1S/C12H11N3S/c1-9(12-7-16-8-14-12)15-11-4-2-3-10(5-11)6-13/h2-5,7-9,15H,1H3. The highest BCUT2D eigenvalue weighted by atomic mass is 32.1. The molecule has 0 fully saturated rings. The van der Waals surface area contributed by atoms with Gasteiger partial charge in [-0.15, -0.1) is 11.3 Å². The van der Waals surface area contributed by atoms with Crippen molar-refractivity contribution >= 4 is 17.0 Å². The van der Waals surface area contributed by atoms with Crippen LogP contribution in [0.4, 0.5) is 5.69 Å². The number of aromatic nitrogens is 1. The van der Waals surface area contributed by atoms with Gasteiger partial charge in [-0.25, -0.2) is 4.98 Å². The van der Waals surface area contributed by atoms with E-state index in [-0.39, 0.29) is 6.04 Å². The Morgan fingerprint density at radius 1 is 1.50 bits per heavy atom. The maximum Gasteiger partial charge on any atom is 0.0992 e. The lowest BCUT2D eigenvalue weighted by Gasteiger charge is -2.12. The van der Waals surface area contributed by atoms with E-state index in [2.05, 4.69) is 16.4 Å². The molecule has 3 nitrogen and oxygen atoms in total. The zero-order valence-electron chi connectivity index (χ0n) is 8.84. The summed E-state index contributed by atoms with van der Waals surface area (Å²) in [4.78, 5) is 4.25. The fraction of sp³-hybridized carbons (Fsp3) is 0.167. The summed E-state index contributed by atoms with van der Waals surface area (Å²) in [6.07, 6.45) is 0. The van der Waals surface area contributed by atoms with Crippen molar-refractivity contribution in [2.75, 3.05) is 5.32 Å². The van der Waals surface area contributed by atoms with E-state index >= 15 is 0 Å². The van der Waals surface area contributed by atoms with Crippen molar-refractivity contribution in [1.82, 2.24) is 4.98 Å². The molecule has 1 heterocycles. The number of nitriles is 1. The summed E-state index contributed by atoms with van der Waals surface area (Å²) in [6, 6.07) is 9.72. The molecular formula is C12H11N3S. The van der Waals surface area contributed by atoms with Crippen molar-refractivity contribution in [2.45, 2.75) is 13.0 Å². The van der Waals surface area contributed by atoms with Crippen molar-refractivity contribution in [3.63, 3.8) is 0 Å². The maximum atomic E-state index is 8.79. The first kappa shape index (κ1) is 10.7. The molecule has 16 heavy (non-hydrogen) atoms. The van der Waals surface area contributed by atoms with Gasteiger partial charge in [-0.1, -0.05) is 6.07 Å². The summed E-state index contributed by atoms with van der Waals surface area (Å²) in [5, 5.41) is 14.1. The summed E-state index contributed by atoms with van der Waals surface area (Å²) >= 11 is 1.58. The van der Waals surface area contributed by atoms with Crippen molar-refractivity contribution < 1.29 is 0 Å². The van der Waals surface area contributed by atoms with Crippen molar-refractivity contribution in [1.29, 1.82) is 5.26 Å². The molecule has 1 aromatic heterocycles. The second-order valence-corrected chi connectivity index (χ2v) is 4.19. The van der Waals surface area contributed by atoms with Crippen LogP contribution in [0.15, 0.2) is 35.2 Å². The summed E-state index contributed by atoms with van der Waals surface area (Å²) in [6.45, 7) is 2.05. The van der Waals surface area contributed by atoms with Crippen LogP contribution >= 0.6 is 11.3 Å². The number of anilines is 1. The summed E-state index contributed by atoms with van der Waals surface area (Å²) in [5.41, 5.74) is 4.45. The Hall–Kier alpha value is -1.86. The third-order valence-corrected chi connectivity index (χ3v) is 2.87. The summed E-state index contributed by atoms with van der Waals surface area (Å²) < 4.78 is 0. The lowest BCUT2D eigenvalue weighted by atomic mass is 10.2. The topological polar surface area (TPSA) is 48.7 Å². The van der Waals surface area contributed by atoms with Gasteiger partial charge in [0.1, 0.15) is 0 Å². The van der Waals surface area contributed by atoms with Crippen LogP contribution in [-0.2, 0) is 0 Å². The third-order valence-electron chi connectivity index (χ3n) is 2.27. The number of thiazole rings is 1. The van der Waals surface area contributed by atoms with Gasteiger partial charge in [-0.2, -0.15) is 5.26 Å². The number of rotatable bonds is 3. The Morgan fingerprint density at radius 3 is 3.06 bits per heavy atom. The average Bonchev–Trinajstić information content (AvgIpc) is 2.83. The van der Waals surface area contributed by atoms with Gasteiger partial charge in [0.2, 0.25) is 0 Å². The first-order valence-electron chi connectivity index (χ1n) is 4.94. The number of nitrogens with one attached hydrogen (secondary N) is 1. The van der Waals surface area contributed by atoms with E-state index in [1.54, 1.807) is 17.4 Å². The van der Waals surface area contributed by atoms with Crippen LogP contribution in [0.2, 0.25) is 0 Å². The van der Waals surface area contributed by atoms with Crippen LogP contribution in [-0.4, -0.2) is 4.98 Å². The minimum absolute atomic E-state index is 0.153. The molecule has 0 aliphatic rings. The number of hydrogen-bond donors (Lipinski definition) is 1. The van der Waals surface area contributed by atoms with Gasteiger partial charge in [-0.05, 0) is 25.1 Å². The van der Waals surface area contributed by atoms with E-state index in [9.17, 15) is 0 Å². The van der Waals surface area contributed by atoms with Gasteiger partial charge in [0.25, 0.3) is 0 Å². The molecule has 0 radical (unpaired) electrons. The molecule has 80 valence electrons. The van der Waals surface area contributed by atoms with Crippen molar-refractivity contribution in [3.05, 3.63) is 46.4 Å². The van der Waals surface area contributed by atoms with Gasteiger partial charge >= 0.3 is 0 Å². The first-order chi connectivity index (χ1) is 7.79. The van der Waals surface area contributed by atoms with Crippen LogP contribution in [0.1, 0.15) is 24.2 Å². The second kappa shape index (κ2) is 4.77. The molecule has 0 saturated heterocycles. The van der Waals surface area contributed by atoms with E-state index < -0.39 is 0 Å². The third kappa shape index (κ3) is 2.38. The zero-order valence-corrected chi connectivity index (χ0v) is 9.66. The molecule has 0 aliphatic heterocycles. The average molecular weight is 229 g/mol. The molecule has 1 atom stereocenters. The molecule has 1 N–H and O–H groups in total. The fourth-order valence-electron chi connectivity index (χ4n) is 1.44. The Kier molecular flexibility index (Phi) is 3.18. The monoisotopic (exact) mass is 229 g/mol. The number of hydrogen-bond acceptors (Lipinski definition) is 4. The van der Waals surface area contributed by atoms with Crippen molar-refractivity contribution in [3.8, 4) is 6.07 Å². The Labute approximate surface area is 98.4 Å². The molecule has 0 amide bonds. The Balaban J connectivity index is 2.12. The predicted molar refractivity (Wildman–Crippen MR) is 65.3 cm³/mol. The van der Waals surface area contributed by atoms with E-state index in [4.69, 9.17) is 5.26 Å². The fourth-order valence-corrected chi connectivity index (χ4v) is 2.09. The van der Waals surface area contributed by atoms with E-state index in [0.717, 1.165) is 11.4 Å². The van der Waals surface area contributed by atoms with E-state index in [1.807, 2.05) is 36.0 Å². The maximum absolute atomic E-state index is 8.79. The smallest absolute Gasteiger partial charge is 0.0992 e. The predicted octanol–water partition coefficient (Wildman–Crippen LogP) is 3.19. The lowest BCUT2D eigenvalue weighted by molar-refractivity contribution is 0.850.